The van der Waals surface area contributed by atoms with Crippen LogP contribution < -0.4 is 14.4 Å². The number of halogens is 4. The first-order valence-electron chi connectivity index (χ1n) is 15.1. The van der Waals surface area contributed by atoms with Gasteiger partial charge in [0.15, 0.2) is 11.0 Å². The number of fused-ring (bicyclic) bond motifs is 2. The lowest BCUT2D eigenvalue weighted by Crippen LogP contribution is -2.41. The molecule has 1 aliphatic heterocycles. The van der Waals surface area contributed by atoms with Crippen molar-refractivity contribution in [3.8, 4) is 0 Å². The normalized spacial score (nSPS) is 15.1. The standard InChI is InChI=1S/C33H47Cl4N6/c1-9-38-28-20-24(34)26(36)22-30(28)40(16-12-18-42(3,4)5)32(38)14-11-15-33-39(10-2)29-21-25(35)27(37)23-31(29)41(33)17-13-19-43(6,7)8/h11,14-15,20-23H,9-10,12-13,16-19H2,1-8H3/q+3. The lowest BCUT2D eigenvalue weighted by molar-refractivity contribution is -0.873. The number of rotatable bonds is 12. The van der Waals surface area contributed by atoms with E-state index in [9.17, 15) is 0 Å². The molecule has 0 N–H and O–H groups in total. The van der Waals surface area contributed by atoms with Gasteiger partial charge in [0.2, 0.25) is 0 Å². The van der Waals surface area contributed by atoms with Gasteiger partial charge in [-0.3, -0.25) is 0 Å². The quantitative estimate of drug-likeness (QED) is 0.144. The maximum Gasteiger partial charge on any atom is 0.282 e. The van der Waals surface area contributed by atoms with Gasteiger partial charge in [0, 0.05) is 44.1 Å². The second-order valence-corrected chi connectivity index (χ2v) is 14.9. The minimum Gasteiger partial charge on any atom is -0.331 e. The smallest absolute Gasteiger partial charge is 0.282 e. The summed E-state index contributed by atoms with van der Waals surface area (Å²) < 4.78 is 6.54. The van der Waals surface area contributed by atoms with E-state index in [1.807, 2.05) is 24.3 Å². The number of hydrogen-bond donors (Lipinski definition) is 0. The van der Waals surface area contributed by atoms with Gasteiger partial charge in [-0.25, -0.2) is 9.13 Å². The molecule has 0 radical (unpaired) electrons. The lowest BCUT2D eigenvalue weighted by atomic mass is 10.2. The van der Waals surface area contributed by atoms with Crippen LogP contribution in [-0.4, -0.2) is 82.0 Å². The van der Waals surface area contributed by atoms with E-state index in [1.165, 1.54) is 0 Å². The first kappa shape index (κ1) is 34.0. The van der Waals surface area contributed by atoms with Gasteiger partial charge in [0.25, 0.3) is 5.82 Å². The third-order valence-electron chi connectivity index (χ3n) is 7.85. The zero-order valence-corrected chi connectivity index (χ0v) is 29.9. The molecule has 1 aromatic heterocycles. The number of nitrogens with zero attached hydrogens (tertiary/aromatic N) is 6. The molecule has 2 aromatic carbocycles. The Morgan fingerprint density at radius 2 is 1.28 bits per heavy atom. The molecule has 0 saturated heterocycles. The molecule has 0 aliphatic carbocycles. The van der Waals surface area contributed by atoms with Gasteiger partial charge in [-0.2, -0.15) is 0 Å². The summed E-state index contributed by atoms with van der Waals surface area (Å²) in [6.07, 6.45) is 8.68. The van der Waals surface area contributed by atoms with Gasteiger partial charge in [-0.15, -0.1) is 0 Å². The third kappa shape index (κ3) is 7.84. The molecule has 0 bridgehead atoms. The van der Waals surface area contributed by atoms with Crippen molar-refractivity contribution < 1.29 is 13.5 Å². The molecule has 43 heavy (non-hydrogen) atoms. The molecule has 3 aromatic rings. The molecule has 0 fully saturated rings. The van der Waals surface area contributed by atoms with Crippen LogP contribution in [0.15, 0.2) is 42.2 Å². The number of aryl methyl sites for hydroxylation is 2. The van der Waals surface area contributed by atoms with E-state index in [0.717, 1.165) is 95.1 Å². The summed E-state index contributed by atoms with van der Waals surface area (Å²) in [5.74, 6) is 2.24. The summed E-state index contributed by atoms with van der Waals surface area (Å²) in [6, 6.07) is 7.99. The van der Waals surface area contributed by atoms with Crippen molar-refractivity contribution in [3.63, 3.8) is 0 Å². The Morgan fingerprint density at radius 1 is 0.721 bits per heavy atom. The van der Waals surface area contributed by atoms with Crippen molar-refractivity contribution in [1.29, 1.82) is 0 Å². The Balaban J connectivity index is 1.78. The molecule has 10 heteroatoms. The van der Waals surface area contributed by atoms with Crippen molar-refractivity contribution in [3.05, 3.63) is 68.2 Å². The van der Waals surface area contributed by atoms with Crippen LogP contribution in [0, 0.1) is 0 Å². The van der Waals surface area contributed by atoms with Crippen molar-refractivity contribution in [2.24, 2.45) is 0 Å². The zero-order valence-electron chi connectivity index (χ0n) is 26.9. The van der Waals surface area contributed by atoms with Crippen LogP contribution in [0.5, 0.6) is 0 Å². The van der Waals surface area contributed by atoms with E-state index >= 15 is 0 Å². The number of allylic oxidation sites excluding steroid dienone is 2. The largest absolute Gasteiger partial charge is 0.331 e. The summed E-state index contributed by atoms with van der Waals surface area (Å²) in [6.45, 7) is 9.87. The van der Waals surface area contributed by atoms with E-state index in [1.54, 1.807) is 0 Å². The van der Waals surface area contributed by atoms with Crippen molar-refractivity contribution in [1.82, 2.24) is 4.57 Å². The Labute approximate surface area is 278 Å². The van der Waals surface area contributed by atoms with Crippen LogP contribution in [-0.2, 0) is 13.1 Å². The van der Waals surface area contributed by atoms with Gasteiger partial charge >= 0.3 is 0 Å². The molecule has 0 amide bonds. The minimum absolute atomic E-state index is 0.571. The number of imidazole rings is 1. The van der Waals surface area contributed by atoms with Crippen molar-refractivity contribution in [2.45, 2.75) is 39.8 Å². The Morgan fingerprint density at radius 3 is 1.86 bits per heavy atom. The molecule has 0 saturated carbocycles. The molecular weight excluding hydrogens is 622 g/mol. The molecule has 1 aliphatic rings. The summed E-state index contributed by atoms with van der Waals surface area (Å²) in [7, 11) is 13.4. The first-order valence-corrected chi connectivity index (χ1v) is 16.6. The highest BCUT2D eigenvalue weighted by Crippen LogP contribution is 2.45. The predicted molar refractivity (Wildman–Crippen MR) is 187 cm³/mol. The number of hydrogen-bond acceptors (Lipinski definition) is 2. The summed E-state index contributed by atoms with van der Waals surface area (Å²) in [4.78, 5) is 4.70. The van der Waals surface area contributed by atoms with Crippen LogP contribution in [0.3, 0.4) is 0 Å². The first-order chi connectivity index (χ1) is 20.1. The van der Waals surface area contributed by atoms with Gasteiger partial charge in [-0.05, 0) is 32.1 Å². The molecule has 6 nitrogen and oxygen atoms in total. The van der Waals surface area contributed by atoms with Gasteiger partial charge in [0.1, 0.15) is 5.82 Å². The van der Waals surface area contributed by atoms with E-state index in [2.05, 4.69) is 93.3 Å². The van der Waals surface area contributed by atoms with Crippen molar-refractivity contribution in [2.75, 3.05) is 78.3 Å². The third-order valence-corrected chi connectivity index (χ3v) is 9.29. The summed E-state index contributed by atoms with van der Waals surface area (Å²) >= 11 is 26.1. The van der Waals surface area contributed by atoms with Crippen LogP contribution in [0.4, 0.5) is 11.4 Å². The fraction of sp³-hybridized carbons (Fsp3) is 0.485. The van der Waals surface area contributed by atoms with E-state index < -0.39 is 0 Å². The molecule has 234 valence electrons. The van der Waals surface area contributed by atoms with E-state index in [4.69, 9.17) is 46.4 Å². The number of anilines is 2. The topological polar surface area (TPSA) is 15.3 Å². The second-order valence-electron chi connectivity index (χ2n) is 13.3. The van der Waals surface area contributed by atoms with E-state index in [0.29, 0.717) is 20.1 Å². The highest BCUT2D eigenvalue weighted by molar-refractivity contribution is 6.43. The fourth-order valence-electron chi connectivity index (χ4n) is 5.82. The minimum atomic E-state index is 0.571. The van der Waals surface area contributed by atoms with Crippen LogP contribution in [0.25, 0.3) is 17.1 Å². The Hall–Kier alpha value is -1.93. The predicted octanol–water partition coefficient (Wildman–Crippen LogP) is 7.96. The molecule has 0 unspecified atom stereocenters. The monoisotopic (exact) mass is 667 g/mol. The summed E-state index contributed by atoms with van der Waals surface area (Å²) in [5.41, 5.74) is 4.37. The highest BCUT2D eigenvalue weighted by Gasteiger charge is 2.31. The molecule has 4 rings (SSSR count). The molecule has 0 spiro atoms. The average molecular weight is 670 g/mol. The Bertz CT molecular complexity index is 1530. The maximum absolute atomic E-state index is 6.53. The van der Waals surface area contributed by atoms with E-state index in [-0.39, 0.29) is 0 Å². The number of quaternary nitrogens is 2. The number of aromatic nitrogens is 2. The molecular formula is C33H47Cl4N6+3. The van der Waals surface area contributed by atoms with Gasteiger partial charge < -0.3 is 18.8 Å². The highest BCUT2D eigenvalue weighted by atomic mass is 35.5. The van der Waals surface area contributed by atoms with Crippen LogP contribution >= 0.6 is 46.4 Å². The number of benzene rings is 2. The lowest BCUT2D eigenvalue weighted by Gasteiger charge is -2.27. The SMILES string of the molecule is CCN1C(=CC=Cc2n(CC)c3cc(Cl)c(Cl)cc3[n+]2CCC[N+](C)(C)C)N(CCC[N+](C)(C)C)c2cc(Cl)c(Cl)cc21. The fourth-order valence-corrected chi connectivity index (χ4v) is 6.45. The second kappa shape index (κ2) is 13.6. The zero-order chi connectivity index (χ0) is 31.7. The Kier molecular flexibility index (Phi) is 10.7. The van der Waals surface area contributed by atoms with Gasteiger partial charge in [-0.1, -0.05) is 52.5 Å². The van der Waals surface area contributed by atoms with Crippen LogP contribution in [0.2, 0.25) is 20.1 Å². The van der Waals surface area contributed by atoms with Crippen molar-refractivity contribution >= 4 is 74.9 Å². The molecule has 2 heterocycles. The van der Waals surface area contributed by atoms with Crippen LogP contribution in [0.1, 0.15) is 32.5 Å². The molecule has 0 atom stereocenters. The maximum atomic E-state index is 6.53. The summed E-state index contributed by atoms with van der Waals surface area (Å²) in [5, 5.41) is 2.29. The van der Waals surface area contributed by atoms with Gasteiger partial charge in [0.05, 0.1) is 99.9 Å². The average Bonchev–Trinajstić information content (AvgIpc) is 3.34.